The van der Waals surface area contributed by atoms with E-state index in [0.29, 0.717) is 18.0 Å². The summed E-state index contributed by atoms with van der Waals surface area (Å²) < 4.78 is 15.7. The van der Waals surface area contributed by atoms with Crippen molar-refractivity contribution in [2.24, 2.45) is 5.92 Å². The van der Waals surface area contributed by atoms with Gasteiger partial charge in [-0.15, -0.1) is 0 Å². The first-order valence-electron chi connectivity index (χ1n) is 8.71. The van der Waals surface area contributed by atoms with Crippen molar-refractivity contribution >= 4 is 11.9 Å². The smallest absolute Gasteiger partial charge is 0.307 e. The number of rotatable bonds is 5. The third-order valence-corrected chi connectivity index (χ3v) is 5.33. The molecule has 1 saturated carbocycles. The van der Waals surface area contributed by atoms with E-state index >= 15 is 0 Å². The highest BCUT2D eigenvalue weighted by molar-refractivity contribution is 5.81. The average molecular weight is 347 g/mol. The Bertz CT molecular complexity index is 668. The molecule has 0 bridgehead atoms. The molecule has 1 unspecified atom stereocenters. The highest BCUT2D eigenvalue weighted by atomic mass is 16.5. The number of benzene rings is 1. The second-order valence-corrected chi connectivity index (χ2v) is 6.61. The minimum absolute atomic E-state index is 0.0989. The molecule has 0 aromatic heterocycles. The van der Waals surface area contributed by atoms with Crippen molar-refractivity contribution in [1.82, 2.24) is 4.90 Å². The van der Waals surface area contributed by atoms with Crippen molar-refractivity contribution in [3.8, 4) is 11.5 Å². The number of amides is 1. The molecule has 1 heterocycles. The van der Waals surface area contributed by atoms with Crippen molar-refractivity contribution < 1.29 is 23.8 Å². The Morgan fingerprint density at radius 1 is 1.12 bits per heavy atom. The van der Waals surface area contributed by atoms with Crippen LogP contribution in [0.4, 0.5) is 0 Å². The average Bonchev–Trinajstić information content (AvgIpc) is 2.58. The van der Waals surface area contributed by atoms with Gasteiger partial charge in [0.25, 0.3) is 0 Å². The van der Waals surface area contributed by atoms with Crippen LogP contribution in [-0.2, 0) is 20.7 Å². The largest absolute Gasteiger partial charge is 0.493 e. The van der Waals surface area contributed by atoms with Crippen molar-refractivity contribution in [3.63, 3.8) is 0 Å². The summed E-state index contributed by atoms with van der Waals surface area (Å²) >= 11 is 0. The third kappa shape index (κ3) is 3.30. The predicted octanol–water partition coefficient (Wildman–Crippen LogP) is 2.49. The van der Waals surface area contributed by atoms with Crippen LogP contribution in [0.2, 0.25) is 0 Å². The topological polar surface area (TPSA) is 65.1 Å². The first-order chi connectivity index (χ1) is 12.1. The van der Waals surface area contributed by atoms with Gasteiger partial charge in [-0.3, -0.25) is 9.59 Å². The molecule has 2 aliphatic rings. The Balaban J connectivity index is 1.98. The van der Waals surface area contributed by atoms with Crippen LogP contribution in [0.3, 0.4) is 0 Å². The summed E-state index contributed by atoms with van der Waals surface area (Å²) in [5.41, 5.74) is 2.03. The SMILES string of the molecule is COC(=O)CC1c2cc(OC)c(OC)cc2CCN1C(=O)C1CCC1. The van der Waals surface area contributed by atoms with Gasteiger partial charge in [0.2, 0.25) is 5.91 Å². The van der Waals surface area contributed by atoms with Gasteiger partial charge in [-0.25, -0.2) is 0 Å². The number of hydrogen-bond donors (Lipinski definition) is 0. The summed E-state index contributed by atoms with van der Waals surface area (Å²) in [5, 5.41) is 0. The first-order valence-corrected chi connectivity index (χ1v) is 8.71. The van der Waals surface area contributed by atoms with E-state index in [-0.39, 0.29) is 30.3 Å². The van der Waals surface area contributed by atoms with Crippen LogP contribution >= 0.6 is 0 Å². The Kier molecular flexibility index (Phi) is 5.16. The monoisotopic (exact) mass is 347 g/mol. The summed E-state index contributed by atoms with van der Waals surface area (Å²) in [7, 11) is 4.56. The lowest BCUT2D eigenvalue weighted by Gasteiger charge is -2.40. The van der Waals surface area contributed by atoms with Crippen LogP contribution in [0, 0.1) is 5.92 Å². The Morgan fingerprint density at radius 3 is 2.36 bits per heavy atom. The summed E-state index contributed by atoms with van der Waals surface area (Å²) in [6, 6.07) is 3.52. The molecule has 1 amide bonds. The second-order valence-electron chi connectivity index (χ2n) is 6.61. The number of fused-ring (bicyclic) bond motifs is 1. The fraction of sp³-hybridized carbons (Fsp3) is 0.579. The van der Waals surface area contributed by atoms with Gasteiger partial charge in [0.1, 0.15) is 0 Å². The maximum atomic E-state index is 12.9. The lowest BCUT2D eigenvalue weighted by molar-refractivity contribution is -0.146. The van der Waals surface area contributed by atoms with E-state index < -0.39 is 0 Å². The molecule has 6 nitrogen and oxygen atoms in total. The molecule has 3 rings (SSSR count). The predicted molar refractivity (Wildman–Crippen MR) is 91.7 cm³/mol. The zero-order valence-corrected chi connectivity index (χ0v) is 15.0. The van der Waals surface area contributed by atoms with E-state index in [1.54, 1.807) is 14.2 Å². The van der Waals surface area contributed by atoms with Gasteiger partial charge in [-0.1, -0.05) is 6.42 Å². The Morgan fingerprint density at radius 2 is 1.80 bits per heavy atom. The number of ether oxygens (including phenoxy) is 3. The number of carbonyl (C=O) groups excluding carboxylic acids is 2. The zero-order valence-electron chi connectivity index (χ0n) is 15.0. The molecule has 0 spiro atoms. The van der Waals surface area contributed by atoms with Gasteiger partial charge in [0.15, 0.2) is 11.5 Å². The third-order valence-electron chi connectivity index (χ3n) is 5.33. The Hall–Kier alpha value is -2.24. The first kappa shape index (κ1) is 17.6. The zero-order chi connectivity index (χ0) is 18.0. The van der Waals surface area contributed by atoms with Crippen molar-refractivity contribution in [2.45, 2.75) is 38.1 Å². The molecule has 1 atom stereocenters. The summed E-state index contributed by atoms with van der Waals surface area (Å²) in [6.07, 6.45) is 3.88. The minimum atomic E-state index is -0.320. The molecule has 25 heavy (non-hydrogen) atoms. The van der Waals surface area contributed by atoms with Crippen LogP contribution in [-0.4, -0.2) is 44.7 Å². The lowest BCUT2D eigenvalue weighted by atomic mass is 9.82. The van der Waals surface area contributed by atoms with Crippen LogP contribution in [0.1, 0.15) is 42.9 Å². The van der Waals surface area contributed by atoms with Crippen molar-refractivity contribution in [1.29, 1.82) is 0 Å². The van der Waals surface area contributed by atoms with Crippen LogP contribution in [0.15, 0.2) is 12.1 Å². The number of esters is 1. The standard InChI is InChI=1S/C19H25NO5/c1-23-16-9-13-7-8-20(19(22)12-5-4-6-12)15(11-18(21)25-3)14(13)10-17(16)24-2/h9-10,12,15H,4-8,11H2,1-3H3. The van der Waals surface area contributed by atoms with Gasteiger partial charge in [-0.2, -0.15) is 0 Å². The summed E-state index contributed by atoms with van der Waals surface area (Å²) in [6.45, 7) is 0.611. The molecule has 0 radical (unpaired) electrons. The van der Waals surface area contributed by atoms with Crippen LogP contribution in [0.5, 0.6) is 11.5 Å². The summed E-state index contributed by atoms with van der Waals surface area (Å²) in [5.74, 6) is 1.20. The molecule has 136 valence electrons. The van der Waals surface area contributed by atoms with Gasteiger partial charge in [0.05, 0.1) is 33.8 Å². The normalized spacial score (nSPS) is 19.6. The maximum absolute atomic E-state index is 12.9. The highest BCUT2D eigenvalue weighted by Gasteiger charge is 2.38. The van der Waals surface area contributed by atoms with E-state index in [0.717, 1.165) is 36.8 Å². The second kappa shape index (κ2) is 7.33. The summed E-state index contributed by atoms with van der Waals surface area (Å²) in [4.78, 5) is 26.7. The quantitative estimate of drug-likeness (QED) is 0.766. The molecule has 0 N–H and O–H groups in total. The molecule has 1 aromatic rings. The van der Waals surface area contributed by atoms with E-state index in [2.05, 4.69) is 0 Å². The van der Waals surface area contributed by atoms with E-state index in [9.17, 15) is 9.59 Å². The van der Waals surface area contributed by atoms with Crippen molar-refractivity contribution in [2.75, 3.05) is 27.9 Å². The van der Waals surface area contributed by atoms with E-state index in [1.165, 1.54) is 7.11 Å². The molecule has 1 aromatic carbocycles. The van der Waals surface area contributed by atoms with Crippen LogP contribution < -0.4 is 9.47 Å². The number of methoxy groups -OCH3 is 3. The van der Waals surface area contributed by atoms with Gasteiger partial charge >= 0.3 is 5.97 Å². The maximum Gasteiger partial charge on any atom is 0.307 e. The molecule has 1 fully saturated rings. The number of nitrogens with zero attached hydrogens (tertiary/aromatic N) is 1. The van der Waals surface area contributed by atoms with E-state index in [1.807, 2.05) is 17.0 Å². The molecular formula is C19H25NO5. The highest BCUT2D eigenvalue weighted by Crippen LogP contribution is 2.41. The number of hydrogen-bond acceptors (Lipinski definition) is 5. The molecule has 6 heteroatoms. The molecular weight excluding hydrogens is 322 g/mol. The molecule has 0 saturated heterocycles. The van der Waals surface area contributed by atoms with Gasteiger partial charge in [-0.05, 0) is 42.5 Å². The Labute approximate surface area is 148 Å². The van der Waals surface area contributed by atoms with Crippen molar-refractivity contribution in [3.05, 3.63) is 23.3 Å². The molecule has 1 aliphatic heterocycles. The van der Waals surface area contributed by atoms with E-state index in [4.69, 9.17) is 14.2 Å². The molecule has 1 aliphatic carbocycles. The fourth-order valence-corrected chi connectivity index (χ4v) is 3.64. The minimum Gasteiger partial charge on any atom is -0.493 e. The number of carbonyl (C=O) groups is 2. The van der Waals surface area contributed by atoms with Crippen LogP contribution in [0.25, 0.3) is 0 Å². The fourth-order valence-electron chi connectivity index (χ4n) is 3.64. The van der Waals surface area contributed by atoms with Gasteiger partial charge in [0, 0.05) is 12.5 Å². The van der Waals surface area contributed by atoms with Gasteiger partial charge < -0.3 is 19.1 Å². The lowest BCUT2D eigenvalue weighted by Crippen LogP contribution is -2.45.